The monoisotopic (exact) mass is 273 g/mol. The third kappa shape index (κ3) is 3.99. The van der Waals surface area contributed by atoms with Gasteiger partial charge in [-0.1, -0.05) is 6.92 Å². The van der Waals surface area contributed by atoms with Crippen LogP contribution in [0.5, 0.6) is 0 Å². The Morgan fingerprint density at radius 2 is 2.17 bits per heavy atom. The van der Waals surface area contributed by atoms with Gasteiger partial charge in [0.05, 0.1) is 0 Å². The Morgan fingerprint density at radius 3 is 2.67 bits per heavy atom. The molecule has 18 heavy (non-hydrogen) atoms. The van der Waals surface area contributed by atoms with Crippen molar-refractivity contribution in [3.05, 3.63) is 0 Å². The highest BCUT2D eigenvalue weighted by atomic mass is 32.2. The minimum atomic E-state index is -0.984. The fourth-order valence-electron chi connectivity index (χ4n) is 2.41. The molecule has 1 saturated carbocycles. The lowest BCUT2D eigenvalue weighted by molar-refractivity contribution is -0.137. The minimum absolute atomic E-state index is 0.0275. The van der Waals surface area contributed by atoms with Crippen molar-refractivity contribution in [2.45, 2.75) is 50.8 Å². The molecule has 104 valence electrons. The molecule has 3 N–H and O–H groups in total. The van der Waals surface area contributed by atoms with Crippen LogP contribution in [0.4, 0.5) is 0 Å². The molecular formula is C13H23NO3S. The second kappa shape index (κ2) is 6.06. The molecule has 0 saturated heterocycles. The molecule has 1 aliphatic rings. The van der Waals surface area contributed by atoms with Crippen LogP contribution in [-0.4, -0.2) is 33.4 Å². The Hall–Kier alpha value is -0.550. The number of Topliss-reactive ketones (excluding diaryl/α,β-unsaturated/α-hetero) is 1. The van der Waals surface area contributed by atoms with Gasteiger partial charge in [-0.25, -0.2) is 0 Å². The van der Waals surface area contributed by atoms with E-state index in [1.54, 1.807) is 0 Å². The second-order valence-corrected chi connectivity index (χ2v) is 7.44. The highest BCUT2D eigenvalue weighted by Crippen LogP contribution is 2.40. The van der Waals surface area contributed by atoms with Crippen molar-refractivity contribution in [3.8, 4) is 0 Å². The van der Waals surface area contributed by atoms with Gasteiger partial charge in [0.15, 0.2) is 0 Å². The molecule has 5 heteroatoms. The number of nitrogens with two attached hydrogens (primary N) is 1. The molecule has 0 radical (unpaired) electrons. The normalized spacial score (nSPS) is 27.0. The van der Waals surface area contributed by atoms with Gasteiger partial charge in [0.2, 0.25) is 0 Å². The SMILES string of the molecule is C[C@H]1CC[C@H](C(C)(C)SC[C@H](N)C(=O)O)C(=O)C1. The standard InChI is InChI=1S/C13H23NO3S/c1-8-4-5-9(11(15)6-8)13(2,3)18-7-10(14)12(16)17/h8-10H,4-7,14H2,1-3H3,(H,16,17)/t8-,9-,10-/m0/s1. The number of ketones is 1. The summed E-state index contributed by atoms with van der Waals surface area (Å²) in [6.07, 6.45) is 2.63. The maximum Gasteiger partial charge on any atom is 0.321 e. The zero-order valence-corrected chi connectivity index (χ0v) is 12.1. The van der Waals surface area contributed by atoms with E-state index in [0.717, 1.165) is 12.8 Å². The van der Waals surface area contributed by atoms with Gasteiger partial charge in [-0.2, -0.15) is 11.8 Å². The van der Waals surface area contributed by atoms with E-state index in [2.05, 4.69) is 6.92 Å². The molecule has 0 aromatic carbocycles. The first-order chi connectivity index (χ1) is 8.24. The van der Waals surface area contributed by atoms with E-state index in [1.807, 2.05) is 13.8 Å². The van der Waals surface area contributed by atoms with Gasteiger partial charge in [-0.15, -0.1) is 0 Å². The number of hydrogen-bond acceptors (Lipinski definition) is 4. The number of rotatable bonds is 5. The van der Waals surface area contributed by atoms with Gasteiger partial charge in [-0.05, 0) is 32.6 Å². The molecule has 0 aromatic rings. The Labute approximate surface area is 113 Å². The Balaban J connectivity index is 2.57. The summed E-state index contributed by atoms with van der Waals surface area (Å²) < 4.78 is -0.232. The van der Waals surface area contributed by atoms with E-state index in [4.69, 9.17) is 10.8 Å². The largest absolute Gasteiger partial charge is 0.480 e. The van der Waals surface area contributed by atoms with E-state index in [1.165, 1.54) is 11.8 Å². The van der Waals surface area contributed by atoms with Crippen LogP contribution in [0.2, 0.25) is 0 Å². The summed E-state index contributed by atoms with van der Waals surface area (Å²) in [7, 11) is 0. The van der Waals surface area contributed by atoms with Crippen molar-refractivity contribution in [3.63, 3.8) is 0 Å². The first-order valence-electron chi connectivity index (χ1n) is 6.39. The number of hydrogen-bond donors (Lipinski definition) is 2. The minimum Gasteiger partial charge on any atom is -0.480 e. The summed E-state index contributed by atoms with van der Waals surface area (Å²) in [5, 5.41) is 8.77. The van der Waals surface area contributed by atoms with Gasteiger partial charge < -0.3 is 10.8 Å². The quantitative estimate of drug-likeness (QED) is 0.800. The predicted octanol–water partition coefficient (Wildman–Crippen LogP) is 1.92. The Morgan fingerprint density at radius 1 is 1.56 bits per heavy atom. The lowest BCUT2D eigenvalue weighted by Crippen LogP contribution is -2.40. The summed E-state index contributed by atoms with van der Waals surface area (Å²) in [6.45, 7) is 6.14. The molecule has 0 amide bonds. The zero-order chi connectivity index (χ0) is 13.9. The van der Waals surface area contributed by atoms with Crippen molar-refractivity contribution in [2.24, 2.45) is 17.6 Å². The fourth-order valence-corrected chi connectivity index (χ4v) is 3.61. The third-order valence-electron chi connectivity index (χ3n) is 3.68. The number of aliphatic carboxylic acids is 1. The van der Waals surface area contributed by atoms with E-state index >= 15 is 0 Å². The average molecular weight is 273 g/mol. The molecule has 0 spiro atoms. The predicted molar refractivity (Wildman–Crippen MR) is 73.7 cm³/mol. The van der Waals surface area contributed by atoms with Crippen molar-refractivity contribution < 1.29 is 14.7 Å². The molecule has 0 bridgehead atoms. The number of thioether (sulfide) groups is 1. The average Bonchev–Trinajstić information content (AvgIpc) is 2.25. The fraction of sp³-hybridized carbons (Fsp3) is 0.846. The van der Waals surface area contributed by atoms with Crippen molar-refractivity contribution in [1.82, 2.24) is 0 Å². The highest BCUT2D eigenvalue weighted by Gasteiger charge is 2.38. The molecule has 1 fully saturated rings. The lowest BCUT2D eigenvalue weighted by atomic mass is 9.76. The summed E-state index contributed by atoms with van der Waals surface area (Å²) in [6, 6.07) is -0.855. The van der Waals surface area contributed by atoms with Crippen molar-refractivity contribution in [1.29, 1.82) is 0 Å². The maximum absolute atomic E-state index is 12.1. The Bertz CT molecular complexity index is 330. The van der Waals surface area contributed by atoms with Gasteiger partial charge in [-0.3, -0.25) is 9.59 Å². The maximum atomic E-state index is 12.1. The van der Waals surface area contributed by atoms with E-state index in [9.17, 15) is 9.59 Å². The molecule has 4 nitrogen and oxygen atoms in total. The van der Waals surface area contributed by atoms with E-state index in [-0.39, 0.29) is 10.7 Å². The van der Waals surface area contributed by atoms with Crippen LogP contribution in [0, 0.1) is 11.8 Å². The summed E-state index contributed by atoms with van der Waals surface area (Å²) in [5.41, 5.74) is 5.50. The summed E-state index contributed by atoms with van der Waals surface area (Å²) in [5.74, 6) is 0.189. The number of carbonyl (C=O) groups is 2. The van der Waals surface area contributed by atoms with Gasteiger partial charge >= 0.3 is 5.97 Å². The lowest BCUT2D eigenvalue weighted by Gasteiger charge is -2.37. The molecule has 3 atom stereocenters. The molecular weight excluding hydrogens is 250 g/mol. The smallest absolute Gasteiger partial charge is 0.321 e. The number of carboxylic acids is 1. The number of carboxylic acid groups (broad SMARTS) is 1. The highest BCUT2D eigenvalue weighted by molar-refractivity contribution is 8.00. The van der Waals surface area contributed by atoms with Gasteiger partial charge in [0.25, 0.3) is 0 Å². The molecule has 1 rings (SSSR count). The van der Waals surface area contributed by atoms with Crippen molar-refractivity contribution in [2.75, 3.05) is 5.75 Å². The molecule has 1 aliphatic carbocycles. The molecule has 0 heterocycles. The second-order valence-electron chi connectivity index (χ2n) is 5.76. The van der Waals surface area contributed by atoms with Crippen molar-refractivity contribution >= 4 is 23.5 Å². The first kappa shape index (κ1) is 15.5. The molecule has 0 unspecified atom stereocenters. The molecule has 0 aromatic heterocycles. The molecule has 0 aliphatic heterocycles. The van der Waals surface area contributed by atoms with Crippen LogP contribution in [-0.2, 0) is 9.59 Å². The third-order valence-corrected chi connectivity index (χ3v) is 5.23. The van der Waals surface area contributed by atoms with Gasteiger partial charge in [0.1, 0.15) is 11.8 Å². The van der Waals surface area contributed by atoms with Crippen LogP contribution in [0.15, 0.2) is 0 Å². The topological polar surface area (TPSA) is 80.4 Å². The zero-order valence-electron chi connectivity index (χ0n) is 11.3. The van der Waals surface area contributed by atoms with Crippen LogP contribution in [0.3, 0.4) is 0 Å². The Kier molecular flexibility index (Phi) is 5.22. The van der Waals surface area contributed by atoms with E-state index < -0.39 is 12.0 Å². The summed E-state index contributed by atoms with van der Waals surface area (Å²) >= 11 is 1.50. The van der Waals surface area contributed by atoms with Gasteiger partial charge in [0, 0.05) is 22.8 Å². The van der Waals surface area contributed by atoms with Crippen LogP contribution < -0.4 is 5.73 Å². The van der Waals surface area contributed by atoms with Crippen LogP contribution in [0.1, 0.15) is 40.0 Å². The summed E-state index contributed by atoms with van der Waals surface area (Å²) in [4.78, 5) is 22.8. The first-order valence-corrected chi connectivity index (χ1v) is 7.37. The van der Waals surface area contributed by atoms with E-state index in [0.29, 0.717) is 23.9 Å². The van der Waals surface area contributed by atoms with Crippen LogP contribution >= 0.6 is 11.8 Å². The van der Waals surface area contributed by atoms with Crippen LogP contribution in [0.25, 0.3) is 0 Å². The number of carbonyl (C=O) groups excluding carboxylic acids is 1.